The molecular weight excluding hydrogens is 269 g/mol. The molecule has 0 atom stereocenters. The number of nitrogens with two attached hydrogens (primary N) is 1. The molecule has 8 heteroatoms. The Labute approximate surface area is 115 Å². The first kappa shape index (κ1) is 13.6. The van der Waals surface area contributed by atoms with Gasteiger partial charge in [-0.2, -0.15) is 5.10 Å². The molecule has 1 aliphatic rings. The Morgan fingerprint density at radius 3 is 2.84 bits per heavy atom. The van der Waals surface area contributed by atoms with Crippen LogP contribution < -0.4 is 11.2 Å². The summed E-state index contributed by atoms with van der Waals surface area (Å²) in [4.78, 5) is 5.76. The van der Waals surface area contributed by atoms with E-state index in [2.05, 4.69) is 15.5 Å². The topological polar surface area (TPSA) is 75.8 Å². The summed E-state index contributed by atoms with van der Waals surface area (Å²) in [6, 6.07) is 2.72. The van der Waals surface area contributed by atoms with Crippen LogP contribution in [0.25, 0.3) is 0 Å². The van der Waals surface area contributed by atoms with Gasteiger partial charge >= 0.3 is 0 Å². The number of aromatic nitrogens is 1. The van der Waals surface area contributed by atoms with Crippen molar-refractivity contribution in [3.63, 3.8) is 0 Å². The normalized spacial score (nSPS) is 16.3. The Balaban J connectivity index is 1.93. The predicted molar refractivity (Wildman–Crippen MR) is 73.0 cm³/mol. The number of rotatable bonds is 2. The fourth-order valence-corrected chi connectivity index (χ4v) is 1.76. The lowest BCUT2D eigenvalue weighted by atomic mass is 10.3. The van der Waals surface area contributed by atoms with Crippen molar-refractivity contribution in [1.82, 2.24) is 15.3 Å². The van der Waals surface area contributed by atoms with Crippen molar-refractivity contribution in [3.05, 3.63) is 29.8 Å². The maximum absolute atomic E-state index is 12.7. The number of amidine groups is 1. The smallest absolute Gasteiger partial charge is 0.189 e. The van der Waals surface area contributed by atoms with Gasteiger partial charge in [-0.15, -0.1) is 0 Å². The molecular formula is C11H14FN5OS. The fraction of sp³-hybridized carbons (Fsp3) is 0.364. The van der Waals surface area contributed by atoms with E-state index >= 15 is 0 Å². The first-order valence-corrected chi connectivity index (χ1v) is 6.15. The molecule has 0 spiro atoms. The molecule has 0 unspecified atom stereocenters. The zero-order valence-electron chi connectivity index (χ0n) is 10.2. The average molecular weight is 283 g/mol. The van der Waals surface area contributed by atoms with Gasteiger partial charge in [0.25, 0.3) is 0 Å². The van der Waals surface area contributed by atoms with Gasteiger partial charge in [0, 0.05) is 13.1 Å². The van der Waals surface area contributed by atoms with Crippen LogP contribution in [0, 0.1) is 5.82 Å². The van der Waals surface area contributed by atoms with Crippen molar-refractivity contribution in [3.8, 4) is 0 Å². The number of ether oxygens (including phenoxy) is 1. The van der Waals surface area contributed by atoms with Crippen LogP contribution in [0.5, 0.6) is 0 Å². The van der Waals surface area contributed by atoms with Crippen LogP contribution in [0.4, 0.5) is 4.39 Å². The number of hydrogen-bond donors (Lipinski definition) is 2. The Morgan fingerprint density at radius 1 is 1.47 bits per heavy atom. The number of morpholine rings is 1. The highest BCUT2D eigenvalue weighted by molar-refractivity contribution is 7.80. The van der Waals surface area contributed by atoms with Crippen molar-refractivity contribution in [1.29, 1.82) is 0 Å². The molecule has 0 radical (unpaired) electrons. The van der Waals surface area contributed by atoms with E-state index in [0.717, 1.165) is 19.3 Å². The minimum Gasteiger partial charge on any atom is -0.380 e. The van der Waals surface area contributed by atoms with Crippen LogP contribution in [0.1, 0.15) is 5.69 Å². The molecule has 0 amide bonds. The minimum absolute atomic E-state index is 0.149. The van der Waals surface area contributed by atoms with Crippen LogP contribution in [0.15, 0.2) is 23.4 Å². The monoisotopic (exact) mass is 283 g/mol. The summed E-state index contributed by atoms with van der Waals surface area (Å²) < 4.78 is 17.9. The number of pyridine rings is 1. The zero-order chi connectivity index (χ0) is 13.7. The van der Waals surface area contributed by atoms with Crippen molar-refractivity contribution >= 4 is 23.2 Å². The van der Waals surface area contributed by atoms with Crippen molar-refractivity contribution < 1.29 is 9.13 Å². The molecule has 0 saturated carbocycles. The molecule has 102 valence electrons. The van der Waals surface area contributed by atoms with Gasteiger partial charge in [0.2, 0.25) is 0 Å². The lowest BCUT2D eigenvalue weighted by Crippen LogP contribution is -2.45. The quantitative estimate of drug-likeness (QED) is 0.346. The van der Waals surface area contributed by atoms with E-state index in [1.165, 1.54) is 12.1 Å². The van der Waals surface area contributed by atoms with Crippen LogP contribution >= 0.6 is 12.2 Å². The Morgan fingerprint density at radius 2 is 2.21 bits per heavy atom. The van der Waals surface area contributed by atoms with Gasteiger partial charge in [0.15, 0.2) is 10.9 Å². The summed E-state index contributed by atoms with van der Waals surface area (Å²) in [7, 11) is 0. The average Bonchev–Trinajstić information content (AvgIpc) is 2.46. The third kappa shape index (κ3) is 3.83. The van der Waals surface area contributed by atoms with E-state index in [9.17, 15) is 4.39 Å². The van der Waals surface area contributed by atoms with E-state index < -0.39 is 5.82 Å². The molecule has 0 aromatic carbocycles. The number of hydrogen-bond acceptors (Lipinski definition) is 4. The number of nitrogens with zero attached hydrogens (tertiary/aromatic N) is 3. The second kappa shape index (κ2) is 6.39. The summed E-state index contributed by atoms with van der Waals surface area (Å²) in [6.07, 6.45) is 1.08. The molecule has 3 N–H and O–H groups in total. The maximum atomic E-state index is 12.7. The van der Waals surface area contributed by atoms with Crippen LogP contribution in [-0.2, 0) is 4.74 Å². The van der Waals surface area contributed by atoms with Crippen molar-refractivity contribution in [2.75, 3.05) is 26.3 Å². The molecule has 6 nitrogen and oxygen atoms in total. The molecule has 2 rings (SSSR count). The SMILES string of the molecule is N/C(=N\NC(=S)N1CCOCC1)c1ccc(F)cn1. The molecule has 19 heavy (non-hydrogen) atoms. The summed E-state index contributed by atoms with van der Waals surface area (Å²) in [5.41, 5.74) is 8.81. The molecule has 0 bridgehead atoms. The Hall–Kier alpha value is -1.80. The van der Waals surface area contributed by atoms with Crippen LogP contribution in [-0.4, -0.2) is 47.1 Å². The summed E-state index contributed by atoms with van der Waals surface area (Å²) in [5.74, 6) is -0.274. The molecule has 1 fully saturated rings. The van der Waals surface area contributed by atoms with Crippen LogP contribution in [0.2, 0.25) is 0 Å². The maximum Gasteiger partial charge on any atom is 0.189 e. The second-order valence-corrected chi connectivity index (χ2v) is 4.26. The van der Waals surface area contributed by atoms with E-state index in [1.54, 1.807) is 0 Å². The van der Waals surface area contributed by atoms with E-state index in [1.807, 2.05) is 4.90 Å². The van der Waals surface area contributed by atoms with E-state index in [-0.39, 0.29) is 5.84 Å². The molecule has 1 aromatic rings. The van der Waals surface area contributed by atoms with Crippen molar-refractivity contribution in [2.24, 2.45) is 10.8 Å². The highest BCUT2D eigenvalue weighted by Crippen LogP contribution is 1.99. The third-order valence-corrected chi connectivity index (χ3v) is 2.91. The van der Waals surface area contributed by atoms with Gasteiger partial charge in [-0.1, -0.05) is 0 Å². The van der Waals surface area contributed by atoms with E-state index in [4.69, 9.17) is 22.7 Å². The standard InChI is InChI=1S/C11H14FN5OS/c12-8-1-2-9(14-7-8)10(13)15-16-11(19)17-3-5-18-6-4-17/h1-2,7H,3-6H2,(H2,13,15)(H,16,19). The van der Waals surface area contributed by atoms with Crippen LogP contribution in [0.3, 0.4) is 0 Å². The third-order valence-electron chi connectivity index (χ3n) is 2.56. The predicted octanol–water partition coefficient (Wildman–Crippen LogP) is 0.0477. The lowest BCUT2D eigenvalue weighted by Gasteiger charge is -2.28. The number of halogens is 1. The highest BCUT2D eigenvalue weighted by atomic mass is 32.1. The number of nitrogens with one attached hydrogen (secondary N) is 1. The van der Waals surface area contributed by atoms with Gasteiger partial charge in [0.05, 0.1) is 19.4 Å². The molecule has 1 aliphatic heterocycles. The Kier molecular flexibility index (Phi) is 4.58. The van der Waals surface area contributed by atoms with Gasteiger partial charge in [0.1, 0.15) is 11.5 Å². The summed E-state index contributed by atoms with van der Waals surface area (Å²) >= 11 is 5.18. The van der Waals surface area contributed by atoms with Gasteiger partial charge in [-0.3, -0.25) is 5.43 Å². The van der Waals surface area contributed by atoms with Gasteiger partial charge < -0.3 is 15.4 Å². The largest absolute Gasteiger partial charge is 0.380 e. The first-order valence-electron chi connectivity index (χ1n) is 5.74. The summed E-state index contributed by atoms with van der Waals surface area (Å²) in [6.45, 7) is 2.72. The summed E-state index contributed by atoms with van der Waals surface area (Å²) in [5, 5.41) is 4.41. The molecule has 1 saturated heterocycles. The molecule has 0 aliphatic carbocycles. The highest BCUT2D eigenvalue weighted by Gasteiger charge is 2.13. The van der Waals surface area contributed by atoms with Gasteiger partial charge in [-0.05, 0) is 24.4 Å². The number of thiocarbonyl (C=S) groups is 1. The molecule has 2 heterocycles. The van der Waals surface area contributed by atoms with Crippen molar-refractivity contribution in [2.45, 2.75) is 0 Å². The van der Waals surface area contributed by atoms with Gasteiger partial charge in [-0.25, -0.2) is 9.37 Å². The minimum atomic E-state index is -0.423. The zero-order valence-corrected chi connectivity index (χ0v) is 11.0. The number of hydrazone groups is 1. The fourth-order valence-electron chi connectivity index (χ4n) is 1.53. The molecule has 1 aromatic heterocycles. The van der Waals surface area contributed by atoms with E-state index in [0.29, 0.717) is 24.0 Å². The lowest BCUT2D eigenvalue weighted by molar-refractivity contribution is 0.0677. The Bertz CT molecular complexity index is 472. The first-order chi connectivity index (χ1) is 9.16. The second-order valence-electron chi connectivity index (χ2n) is 3.88.